The second kappa shape index (κ2) is 4.87. The highest BCUT2D eigenvalue weighted by molar-refractivity contribution is 5.93. The van der Waals surface area contributed by atoms with Crippen molar-refractivity contribution in [2.75, 3.05) is 24.8 Å². The fourth-order valence-electron chi connectivity index (χ4n) is 1.93. The van der Waals surface area contributed by atoms with Crippen LogP contribution in [0.5, 0.6) is 0 Å². The molecule has 0 bridgehead atoms. The highest BCUT2D eigenvalue weighted by Gasteiger charge is 2.31. The largest absolute Gasteiger partial charge is 0.396 e. The summed E-state index contributed by atoms with van der Waals surface area (Å²) in [5, 5.41) is 4.89. The zero-order chi connectivity index (χ0) is 14.2. The Balaban J connectivity index is 2.49. The van der Waals surface area contributed by atoms with Gasteiger partial charge in [-0.05, 0) is 36.5 Å². The lowest BCUT2D eigenvalue weighted by Crippen LogP contribution is -2.36. The number of urea groups is 1. The second-order valence-corrected chi connectivity index (χ2v) is 4.84. The Bertz CT molecular complexity index is 526. The van der Waals surface area contributed by atoms with Gasteiger partial charge in [0.25, 0.3) is 0 Å². The van der Waals surface area contributed by atoms with Gasteiger partial charge in [0.1, 0.15) is 5.82 Å². The third-order valence-electron chi connectivity index (χ3n) is 3.10. The lowest BCUT2D eigenvalue weighted by molar-refractivity contribution is 0.224. The minimum Gasteiger partial charge on any atom is -0.396 e. The van der Waals surface area contributed by atoms with Crippen LogP contribution in [0.15, 0.2) is 17.2 Å². The highest BCUT2D eigenvalue weighted by atomic mass is 19.1. The number of nitrogens with two attached hydrogens (primary N) is 1. The summed E-state index contributed by atoms with van der Waals surface area (Å²) in [6.45, 7) is 3.41. The van der Waals surface area contributed by atoms with E-state index in [0.29, 0.717) is 5.69 Å². The maximum Gasteiger partial charge on any atom is 0.344 e. The quantitative estimate of drug-likeness (QED) is 0.517. The van der Waals surface area contributed by atoms with E-state index in [9.17, 15) is 9.18 Å². The molecule has 1 aliphatic rings. The molecule has 19 heavy (non-hydrogen) atoms. The molecule has 2 N–H and O–H groups in total. The summed E-state index contributed by atoms with van der Waals surface area (Å²) >= 11 is 0. The highest BCUT2D eigenvalue weighted by Crippen LogP contribution is 2.45. The molecule has 1 fully saturated rings. The van der Waals surface area contributed by atoms with Crippen molar-refractivity contribution < 1.29 is 9.18 Å². The number of carbonyl (C=O) groups excluding carboxylic acids is 1. The molecule has 2 rings (SSSR count). The third kappa shape index (κ3) is 2.52. The molecule has 2 amide bonds. The van der Waals surface area contributed by atoms with Crippen LogP contribution in [0.4, 0.5) is 20.6 Å². The topological polar surface area (TPSA) is 61.9 Å². The fraction of sp³-hybridized carbons (Fsp3) is 0.385. The minimum atomic E-state index is -0.466. The Morgan fingerprint density at radius 2 is 2.11 bits per heavy atom. The first kappa shape index (κ1) is 13.3. The number of hydrogen-bond acceptors (Lipinski definition) is 3. The maximum atomic E-state index is 13.6. The summed E-state index contributed by atoms with van der Waals surface area (Å²) in [7, 11) is 3.23. The van der Waals surface area contributed by atoms with Crippen molar-refractivity contribution in [1.29, 1.82) is 0 Å². The molecule has 1 saturated carbocycles. The van der Waals surface area contributed by atoms with Crippen LogP contribution in [-0.2, 0) is 0 Å². The van der Waals surface area contributed by atoms with Crippen molar-refractivity contribution in [3.05, 3.63) is 23.5 Å². The number of hydrogen-bond donors (Lipinski definition) is 1. The Morgan fingerprint density at radius 1 is 1.47 bits per heavy atom. The van der Waals surface area contributed by atoms with Crippen molar-refractivity contribution in [2.45, 2.75) is 18.8 Å². The lowest BCUT2D eigenvalue weighted by atomic mass is 10.1. The predicted octanol–water partition coefficient (Wildman–Crippen LogP) is 2.39. The summed E-state index contributed by atoms with van der Waals surface area (Å²) in [4.78, 5) is 13.4. The van der Waals surface area contributed by atoms with Crippen LogP contribution in [0.25, 0.3) is 0 Å². The number of amides is 2. The molecule has 0 unspecified atom stereocenters. The average Bonchev–Trinajstić information content (AvgIpc) is 3.18. The SMILES string of the molecule is C=NN(C(=O)N(C)C)c1cc(N)c(F)cc1C1CC1. The molecule has 0 spiro atoms. The first-order valence-corrected chi connectivity index (χ1v) is 6.02. The van der Waals surface area contributed by atoms with Gasteiger partial charge in [-0.15, -0.1) is 0 Å². The molecule has 6 heteroatoms. The number of nitrogens with zero attached hydrogens (tertiary/aromatic N) is 3. The summed E-state index contributed by atoms with van der Waals surface area (Å²) in [6.07, 6.45) is 1.97. The van der Waals surface area contributed by atoms with Crippen LogP contribution < -0.4 is 10.7 Å². The van der Waals surface area contributed by atoms with Gasteiger partial charge in [-0.1, -0.05) is 0 Å². The molecule has 102 valence electrons. The van der Waals surface area contributed by atoms with Crippen LogP contribution in [0.3, 0.4) is 0 Å². The van der Waals surface area contributed by atoms with Crippen molar-refractivity contribution in [3.8, 4) is 0 Å². The molecule has 5 nitrogen and oxygen atoms in total. The van der Waals surface area contributed by atoms with E-state index in [1.54, 1.807) is 14.1 Å². The fourth-order valence-corrected chi connectivity index (χ4v) is 1.93. The van der Waals surface area contributed by atoms with Crippen LogP contribution >= 0.6 is 0 Å². The van der Waals surface area contributed by atoms with Crippen molar-refractivity contribution in [2.24, 2.45) is 5.10 Å². The number of carbonyl (C=O) groups is 1. The van der Waals surface area contributed by atoms with Crippen LogP contribution in [-0.4, -0.2) is 31.7 Å². The van der Waals surface area contributed by atoms with Gasteiger partial charge in [0.2, 0.25) is 0 Å². The van der Waals surface area contributed by atoms with Crippen LogP contribution in [0.1, 0.15) is 24.3 Å². The van der Waals surface area contributed by atoms with E-state index in [1.165, 1.54) is 17.0 Å². The van der Waals surface area contributed by atoms with E-state index >= 15 is 0 Å². The third-order valence-corrected chi connectivity index (χ3v) is 3.10. The average molecular weight is 264 g/mol. The standard InChI is InChI=1S/C13H17FN4O/c1-16-18(13(19)17(2)3)12-7-11(15)10(14)6-9(12)8-4-5-8/h6-8H,1,4-5,15H2,2-3H3. The van der Waals surface area contributed by atoms with Gasteiger partial charge in [0.15, 0.2) is 0 Å². The number of anilines is 2. The number of nitrogen functional groups attached to an aromatic ring is 1. The molecule has 1 aromatic carbocycles. The summed E-state index contributed by atoms with van der Waals surface area (Å²) in [5.74, 6) is -0.198. The van der Waals surface area contributed by atoms with Gasteiger partial charge in [0.05, 0.1) is 11.4 Å². The number of rotatable bonds is 3. The van der Waals surface area contributed by atoms with Gasteiger partial charge in [0, 0.05) is 20.8 Å². The summed E-state index contributed by atoms with van der Waals surface area (Å²) in [6, 6.07) is 2.49. The molecule has 1 aliphatic carbocycles. The van der Waals surface area contributed by atoms with Crippen LogP contribution in [0, 0.1) is 5.82 Å². The molecular weight excluding hydrogens is 247 g/mol. The summed E-state index contributed by atoms with van der Waals surface area (Å²) < 4.78 is 13.6. The molecule has 0 saturated heterocycles. The summed E-state index contributed by atoms with van der Waals surface area (Å²) in [5.41, 5.74) is 6.86. The number of benzene rings is 1. The van der Waals surface area contributed by atoms with Gasteiger partial charge in [-0.3, -0.25) is 0 Å². The number of hydrazone groups is 1. The van der Waals surface area contributed by atoms with Gasteiger partial charge in [-0.25, -0.2) is 9.18 Å². The first-order valence-electron chi connectivity index (χ1n) is 6.02. The zero-order valence-electron chi connectivity index (χ0n) is 11.1. The molecule has 0 radical (unpaired) electrons. The van der Waals surface area contributed by atoms with Crippen molar-refractivity contribution >= 4 is 24.1 Å². The molecule has 0 aliphatic heterocycles. The van der Waals surface area contributed by atoms with Crippen LogP contribution in [0.2, 0.25) is 0 Å². The molecule has 0 aromatic heterocycles. The second-order valence-electron chi connectivity index (χ2n) is 4.84. The van der Waals surface area contributed by atoms with Gasteiger partial charge >= 0.3 is 6.03 Å². The minimum absolute atomic E-state index is 0.000365. The molecular formula is C13H17FN4O. The number of halogens is 1. The maximum absolute atomic E-state index is 13.6. The Morgan fingerprint density at radius 3 is 2.58 bits per heavy atom. The lowest BCUT2D eigenvalue weighted by Gasteiger charge is -2.23. The van der Waals surface area contributed by atoms with Gasteiger partial charge < -0.3 is 10.6 Å². The molecule has 1 aromatic rings. The zero-order valence-corrected chi connectivity index (χ0v) is 11.1. The predicted molar refractivity (Wildman–Crippen MR) is 73.9 cm³/mol. The van der Waals surface area contributed by atoms with E-state index < -0.39 is 5.82 Å². The van der Waals surface area contributed by atoms with E-state index in [2.05, 4.69) is 11.8 Å². The smallest absolute Gasteiger partial charge is 0.344 e. The van der Waals surface area contributed by atoms with E-state index in [4.69, 9.17) is 5.73 Å². The van der Waals surface area contributed by atoms with E-state index in [-0.39, 0.29) is 17.6 Å². The van der Waals surface area contributed by atoms with E-state index in [0.717, 1.165) is 23.4 Å². The van der Waals surface area contributed by atoms with Gasteiger partial charge in [-0.2, -0.15) is 10.1 Å². The van der Waals surface area contributed by atoms with Crippen molar-refractivity contribution in [1.82, 2.24) is 4.90 Å². The monoisotopic (exact) mass is 264 g/mol. The molecule has 0 atom stereocenters. The Labute approximate surface area is 111 Å². The Hall–Kier alpha value is -2.11. The molecule has 0 heterocycles. The first-order chi connectivity index (χ1) is 8.95. The van der Waals surface area contributed by atoms with E-state index in [1.807, 2.05) is 0 Å². The normalized spacial score (nSPS) is 14.1. The van der Waals surface area contributed by atoms with Crippen molar-refractivity contribution in [3.63, 3.8) is 0 Å². The Kier molecular flexibility index (Phi) is 3.42.